The van der Waals surface area contributed by atoms with Crippen LogP contribution in [0.5, 0.6) is 0 Å². The zero-order valence-corrected chi connectivity index (χ0v) is 19.6. The van der Waals surface area contributed by atoms with E-state index in [1.165, 1.54) is 16.1 Å². The zero-order valence-electron chi connectivity index (χ0n) is 18.0. The van der Waals surface area contributed by atoms with Crippen LogP contribution in [0.3, 0.4) is 0 Å². The molecule has 3 aromatic carbocycles. The van der Waals surface area contributed by atoms with E-state index in [1.807, 2.05) is 74.5 Å². The van der Waals surface area contributed by atoms with E-state index in [2.05, 4.69) is 5.32 Å². The Morgan fingerprint density at radius 2 is 1.58 bits per heavy atom. The van der Waals surface area contributed by atoms with Crippen molar-refractivity contribution in [3.63, 3.8) is 0 Å². The molecule has 162 valence electrons. The molecule has 7 heteroatoms. The molecule has 3 rings (SSSR count). The Morgan fingerprint density at radius 1 is 0.935 bits per heavy atom. The molecular formula is C24H26N2O3S2. The molecule has 0 saturated heterocycles. The van der Waals surface area contributed by atoms with Gasteiger partial charge in [0.1, 0.15) is 6.04 Å². The maximum Gasteiger partial charge on any atom is 0.248 e. The van der Waals surface area contributed by atoms with Crippen molar-refractivity contribution in [2.24, 2.45) is 0 Å². The quantitative estimate of drug-likeness (QED) is 0.530. The molecule has 0 aliphatic rings. The normalized spacial score (nSPS) is 12.3. The van der Waals surface area contributed by atoms with Crippen LogP contribution in [0.1, 0.15) is 18.1 Å². The molecule has 1 amide bonds. The SMILES string of the molecule is Cc1ccc(N(C(C)C(=O)Nc2ccccc2Sc2ccccc2)S(C)(=O)=O)cc1C. The van der Waals surface area contributed by atoms with Crippen molar-refractivity contribution >= 4 is 39.1 Å². The number of amides is 1. The maximum atomic E-state index is 13.1. The third kappa shape index (κ3) is 5.68. The Balaban J connectivity index is 1.87. The number of rotatable bonds is 7. The van der Waals surface area contributed by atoms with Gasteiger partial charge in [0.15, 0.2) is 0 Å². The van der Waals surface area contributed by atoms with Crippen LogP contribution in [-0.4, -0.2) is 26.6 Å². The summed E-state index contributed by atoms with van der Waals surface area (Å²) in [7, 11) is -3.68. The van der Waals surface area contributed by atoms with Crippen molar-refractivity contribution in [3.8, 4) is 0 Å². The highest BCUT2D eigenvalue weighted by Crippen LogP contribution is 2.33. The highest BCUT2D eigenvalue weighted by molar-refractivity contribution is 7.99. The first-order valence-electron chi connectivity index (χ1n) is 9.86. The van der Waals surface area contributed by atoms with Gasteiger partial charge < -0.3 is 5.32 Å². The van der Waals surface area contributed by atoms with Crippen molar-refractivity contribution in [2.45, 2.75) is 36.6 Å². The van der Waals surface area contributed by atoms with Crippen molar-refractivity contribution in [3.05, 3.63) is 83.9 Å². The molecule has 1 unspecified atom stereocenters. The van der Waals surface area contributed by atoms with Gasteiger partial charge in [0.2, 0.25) is 15.9 Å². The number of para-hydroxylation sites is 1. The predicted octanol–water partition coefficient (Wildman–Crippen LogP) is 5.25. The topological polar surface area (TPSA) is 66.5 Å². The third-order valence-corrected chi connectivity index (χ3v) is 7.27. The second-order valence-corrected chi connectivity index (χ2v) is 10.4. The van der Waals surface area contributed by atoms with Crippen LogP contribution in [0.15, 0.2) is 82.6 Å². The van der Waals surface area contributed by atoms with E-state index >= 15 is 0 Å². The van der Waals surface area contributed by atoms with E-state index in [1.54, 1.807) is 19.1 Å². The summed E-state index contributed by atoms with van der Waals surface area (Å²) in [5.74, 6) is -0.398. The molecule has 0 aliphatic heterocycles. The van der Waals surface area contributed by atoms with Crippen LogP contribution in [0.4, 0.5) is 11.4 Å². The molecule has 0 radical (unpaired) electrons. The number of hydrogen-bond acceptors (Lipinski definition) is 4. The highest BCUT2D eigenvalue weighted by Gasteiger charge is 2.29. The first kappa shape index (κ1) is 22.9. The third-order valence-electron chi connectivity index (χ3n) is 4.95. The number of aryl methyl sites for hydroxylation is 2. The van der Waals surface area contributed by atoms with Crippen LogP contribution in [0.25, 0.3) is 0 Å². The largest absolute Gasteiger partial charge is 0.323 e. The number of anilines is 2. The van der Waals surface area contributed by atoms with Crippen molar-refractivity contribution < 1.29 is 13.2 Å². The standard InChI is InChI=1S/C24H26N2O3S2/c1-17-14-15-20(16-18(17)2)26(31(4,28)29)19(3)24(27)25-22-12-8-9-13-23(22)30-21-10-6-5-7-11-21/h5-16,19H,1-4H3,(H,25,27). The number of carbonyl (C=O) groups excluding carboxylic acids is 1. The Labute approximate surface area is 188 Å². The number of carbonyl (C=O) groups is 1. The van der Waals surface area contributed by atoms with Gasteiger partial charge in [-0.3, -0.25) is 9.10 Å². The molecule has 1 N–H and O–H groups in total. The smallest absolute Gasteiger partial charge is 0.248 e. The van der Waals surface area contributed by atoms with Gasteiger partial charge in [-0.15, -0.1) is 0 Å². The Morgan fingerprint density at radius 3 is 2.23 bits per heavy atom. The van der Waals surface area contributed by atoms with E-state index in [9.17, 15) is 13.2 Å². The number of nitrogens with one attached hydrogen (secondary N) is 1. The molecule has 0 saturated carbocycles. The van der Waals surface area contributed by atoms with E-state index < -0.39 is 22.0 Å². The summed E-state index contributed by atoms with van der Waals surface area (Å²) in [4.78, 5) is 15.0. The summed E-state index contributed by atoms with van der Waals surface area (Å²) in [6.45, 7) is 5.47. The number of nitrogens with zero attached hydrogens (tertiary/aromatic N) is 1. The van der Waals surface area contributed by atoms with Gasteiger partial charge in [0.25, 0.3) is 0 Å². The van der Waals surface area contributed by atoms with Crippen molar-refractivity contribution in [1.29, 1.82) is 0 Å². The molecule has 0 heterocycles. The highest BCUT2D eigenvalue weighted by atomic mass is 32.2. The fourth-order valence-electron chi connectivity index (χ4n) is 3.18. The first-order chi connectivity index (χ1) is 14.7. The van der Waals surface area contributed by atoms with Crippen LogP contribution < -0.4 is 9.62 Å². The van der Waals surface area contributed by atoms with Crippen molar-refractivity contribution in [1.82, 2.24) is 0 Å². The summed E-state index contributed by atoms with van der Waals surface area (Å²) < 4.78 is 26.3. The van der Waals surface area contributed by atoms with Crippen LogP contribution in [-0.2, 0) is 14.8 Å². The molecular weight excluding hydrogens is 428 g/mol. The second-order valence-electron chi connectivity index (χ2n) is 7.40. The van der Waals surface area contributed by atoms with Gasteiger partial charge in [0.05, 0.1) is 17.6 Å². The lowest BCUT2D eigenvalue weighted by Gasteiger charge is -2.29. The molecule has 0 bridgehead atoms. The minimum absolute atomic E-state index is 0.398. The first-order valence-corrected chi connectivity index (χ1v) is 12.5. The van der Waals surface area contributed by atoms with Gasteiger partial charge in [-0.1, -0.05) is 48.2 Å². The van der Waals surface area contributed by atoms with Gasteiger partial charge >= 0.3 is 0 Å². The lowest BCUT2D eigenvalue weighted by Crippen LogP contribution is -2.45. The zero-order chi connectivity index (χ0) is 22.6. The fourth-order valence-corrected chi connectivity index (χ4v) is 5.27. The van der Waals surface area contributed by atoms with Gasteiger partial charge in [-0.2, -0.15) is 0 Å². The van der Waals surface area contributed by atoms with Gasteiger partial charge in [-0.05, 0) is 68.3 Å². The van der Waals surface area contributed by atoms with Crippen molar-refractivity contribution in [2.75, 3.05) is 15.9 Å². The Kier molecular flexibility index (Phi) is 7.08. The van der Waals surface area contributed by atoms with Crippen LogP contribution in [0, 0.1) is 13.8 Å². The minimum atomic E-state index is -3.68. The molecule has 0 aromatic heterocycles. The summed E-state index contributed by atoms with van der Waals surface area (Å²) in [6, 6.07) is 21.8. The van der Waals surface area contributed by atoms with Crippen LogP contribution >= 0.6 is 11.8 Å². The Bertz CT molecular complexity index is 1180. The van der Waals surface area contributed by atoms with E-state index in [0.29, 0.717) is 11.4 Å². The summed E-state index contributed by atoms with van der Waals surface area (Å²) >= 11 is 1.54. The average molecular weight is 455 g/mol. The molecule has 31 heavy (non-hydrogen) atoms. The average Bonchev–Trinajstić information content (AvgIpc) is 2.72. The monoisotopic (exact) mass is 454 g/mol. The fraction of sp³-hybridized carbons (Fsp3) is 0.208. The number of benzene rings is 3. The number of hydrogen-bond donors (Lipinski definition) is 1. The van der Waals surface area contributed by atoms with Crippen LogP contribution in [0.2, 0.25) is 0 Å². The Hall–Kier alpha value is -2.77. The molecule has 3 aromatic rings. The minimum Gasteiger partial charge on any atom is -0.323 e. The van der Waals surface area contributed by atoms with E-state index in [-0.39, 0.29) is 0 Å². The summed E-state index contributed by atoms with van der Waals surface area (Å²) in [5, 5.41) is 2.91. The molecule has 0 spiro atoms. The van der Waals surface area contributed by atoms with Gasteiger partial charge in [-0.25, -0.2) is 8.42 Å². The molecule has 0 aliphatic carbocycles. The maximum absolute atomic E-state index is 13.1. The lowest BCUT2D eigenvalue weighted by molar-refractivity contribution is -0.116. The molecule has 0 fully saturated rings. The summed E-state index contributed by atoms with van der Waals surface area (Å²) in [6.07, 6.45) is 1.12. The second kappa shape index (κ2) is 9.58. The summed E-state index contributed by atoms with van der Waals surface area (Å²) in [5.41, 5.74) is 3.13. The van der Waals surface area contributed by atoms with E-state index in [0.717, 1.165) is 27.2 Å². The van der Waals surface area contributed by atoms with Gasteiger partial charge in [0, 0.05) is 9.79 Å². The molecule has 5 nitrogen and oxygen atoms in total. The number of sulfonamides is 1. The molecule has 1 atom stereocenters. The predicted molar refractivity (Wildman–Crippen MR) is 128 cm³/mol. The van der Waals surface area contributed by atoms with E-state index in [4.69, 9.17) is 0 Å². The lowest BCUT2D eigenvalue weighted by atomic mass is 10.1.